The Bertz CT molecular complexity index is 1220. The van der Waals surface area contributed by atoms with Crippen LogP contribution in [0.15, 0.2) is 52.2 Å². The summed E-state index contributed by atoms with van der Waals surface area (Å²) in [5.41, 5.74) is -1.68. The maximum absolute atomic E-state index is 15.3. The third-order valence-electron chi connectivity index (χ3n) is 4.92. The molecule has 6 atom stereocenters. The molecular formula is C21H26BrFN3O9P. The van der Waals surface area contributed by atoms with Gasteiger partial charge < -0.3 is 19.1 Å². The Morgan fingerprint density at radius 1 is 1.31 bits per heavy atom. The van der Waals surface area contributed by atoms with Crippen LogP contribution in [0, 0.1) is 0 Å². The van der Waals surface area contributed by atoms with E-state index >= 15 is 4.39 Å². The fourth-order valence-electron chi connectivity index (χ4n) is 3.22. The van der Waals surface area contributed by atoms with Crippen LogP contribution >= 0.6 is 23.7 Å². The molecule has 1 aromatic heterocycles. The van der Waals surface area contributed by atoms with Crippen LogP contribution < -0.4 is 20.9 Å². The first-order valence-electron chi connectivity index (χ1n) is 10.8. The molecule has 2 aromatic rings. The number of carbonyl (C=O) groups is 1. The zero-order valence-corrected chi connectivity index (χ0v) is 22.0. The highest BCUT2D eigenvalue weighted by Gasteiger charge is 2.57. The minimum Gasteiger partial charge on any atom is -0.462 e. The third kappa shape index (κ3) is 6.69. The second-order valence-corrected chi connectivity index (χ2v) is 11.1. The number of nitrogens with one attached hydrogen (secondary N) is 2. The van der Waals surface area contributed by atoms with Gasteiger partial charge in [0.15, 0.2) is 6.23 Å². The van der Waals surface area contributed by atoms with Crippen LogP contribution in [0.1, 0.15) is 27.0 Å². The van der Waals surface area contributed by atoms with Gasteiger partial charge in [-0.25, -0.2) is 13.8 Å². The summed E-state index contributed by atoms with van der Waals surface area (Å²) in [7, 11) is -4.32. The second-order valence-electron chi connectivity index (χ2n) is 8.20. The number of nitrogens with zero attached hydrogens (tertiary/aromatic N) is 1. The Hall–Kier alpha value is -2.35. The quantitative estimate of drug-likeness (QED) is 0.211. The number of para-hydroxylation sites is 1. The van der Waals surface area contributed by atoms with Crippen molar-refractivity contribution in [1.82, 2.24) is 14.6 Å². The topological polar surface area (TPSA) is 158 Å². The van der Waals surface area contributed by atoms with Crippen LogP contribution in [0.2, 0.25) is 0 Å². The molecule has 1 fully saturated rings. The van der Waals surface area contributed by atoms with E-state index in [9.17, 15) is 24.1 Å². The molecule has 1 saturated heterocycles. The van der Waals surface area contributed by atoms with Crippen molar-refractivity contribution in [3.05, 3.63) is 63.4 Å². The summed E-state index contributed by atoms with van der Waals surface area (Å²) in [5.74, 6) is -0.577. The lowest BCUT2D eigenvalue weighted by molar-refractivity contribution is -0.149. The number of rotatable bonds is 10. The zero-order chi connectivity index (χ0) is 26.7. The Kier molecular flexibility index (Phi) is 8.91. The molecule has 1 aromatic carbocycles. The number of carbonyl (C=O) groups excluding carboxylic acids is 1. The largest absolute Gasteiger partial charge is 0.462 e. The molecule has 0 saturated carbocycles. The molecule has 36 heavy (non-hydrogen) atoms. The molecule has 2 heterocycles. The molecule has 1 aliphatic rings. The fraction of sp³-hybridized carbons (Fsp3) is 0.476. The van der Waals surface area contributed by atoms with E-state index in [0.717, 1.165) is 16.8 Å². The molecule has 0 bridgehead atoms. The van der Waals surface area contributed by atoms with E-state index in [1.807, 2.05) is 4.98 Å². The Balaban J connectivity index is 1.80. The lowest BCUT2D eigenvalue weighted by Crippen LogP contribution is -2.41. The molecule has 12 nitrogen and oxygen atoms in total. The van der Waals surface area contributed by atoms with E-state index in [2.05, 4.69) is 21.0 Å². The Morgan fingerprint density at radius 3 is 2.58 bits per heavy atom. The SMILES string of the molecule is CC(C)OC(=O)C(C)NP(=O)(OC[C@H]1O[C@@H](n2ccc(=O)[nH]c2=O)[C@@](F)(Br)[C@@H]1O)Oc1ccccc1. The average Bonchev–Trinajstić information content (AvgIpc) is 3.01. The minimum atomic E-state index is -4.32. The predicted octanol–water partition coefficient (Wildman–Crippen LogP) is 1.99. The molecule has 0 aliphatic carbocycles. The van der Waals surface area contributed by atoms with Crippen molar-refractivity contribution in [2.45, 2.75) is 55.9 Å². The predicted molar refractivity (Wildman–Crippen MR) is 128 cm³/mol. The number of aromatic nitrogens is 2. The van der Waals surface area contributed by atoms with E-state index in [1.165, 1.54) is 19.1 Å². The highest BCUT2D eigenvalue weighted by Crippen LogP contribution is 2.49. The van der Waals surface area contributed by atoms with Crippen LogP contribution in [0.4, 0.5) is 4.39 Å². The second kappa shape index (κ2) is 11.4. The molecule has 3 rings (SSSR count). The van der Waals surface area contributed by atoms with Crippen molar-refractivity contribution in [2.24, 2.45) is 0 Å². The van der Waals surface area contributed by atoms with Gasteiger partial charge in [-0.3, -0.25) is 23.7 Å². The summed E-state index contributed by atoms with van der Waals surface area (Å²) in [5, 5.41) is 13.0. The van der Waals surface area contributed by atoms with Crippen LogP contribution in [0.5, 0.6) is 5.75 Å². The van der Waals surface area contributed by atoms with Crippen LogP contribution in [-0.2, 0) is 23.4 Å². The zero-order valence-electron chi connectivity index (χ0n) is 19.5. The number of H-pyrrole nitrogens is 1. The van der Waals surface area contributed by atoms with Gasteiger partial charge in [0.05, 0.1) is 12.7 Å². The number of aliphatic hydroxyl groups is 1. The summed E-state index contributed by atoms with van der Waals surface area (Å²) in [6.45, 7) is 4.01. The summed E-state index contributed by atoms with van der Waals surface area (Å²) >= 11 is 2.73. The number of halogens is 2. The average molecular weight is 594 g/mol. The van der Waals surface area contributed by atoms with E-state index in [1.54, 1.807) is 32.0 Å². The molecule has 2 unspecified atom stereocenters. The van der Waals surface area contributed by atoms with E-state index in [0.29, 0.717) is 0 Å². The van der Waals surface area contributed by atoms with Crippen molar-refractivity contribution < 1.29 is 37.4 Å². The number of alkyl halides is 2. The van der Waals surface area contributed by atoms with Gasteiger partial charge in [0, 0.05) is 12.3 Å². The first-order chi connectivity index (χ1) is 16.8. The number of benzene rings is 1. The van der Waals surface area contributed by atoms with Crippen molar-refractivity contribution >= 4 is 29.6 Å². The highest BCUT2D eigenvalue weighted by atomic mass is 79.9. The van der Waals surface area contributed by atoms with E-state index in [4.69, 9.17) is 18.5 Å². The van der Waals surface area contributed by atoms with Crippen molar-refractivity contribution in [1.29, 1.82) is 0 Å². The monoisotopic (exact) mass is 593 g/mol. The number of aromatic amines is 1. The lowest BCUT2D eigenvalue weighted by atomic mass is 10.1. The number of hydrogen-bond donors (Lipinski definition) is 3. The van der Waals surface area contributed by atoms with Gasteiger partial charge in [-0.15, -0.1) is 0 Å². The summed E-state index contributed by atoms with van der Waals surface area (Å²) in [6.07, 6.45) is -4.46. The normalized spacial score (nSPS) is 26.4. The smallest absolute Gasteiger partial charge is 0.459 e. The molecule has 1 aliphatic heterocycles. The summed E-state index contributed by atoms with van der Waals surface area (Å²) < 4.78 is 48.5. The van der Waals surface area contributed by atoms with Gasteiger partial charge in [-0.1, -0.05) is 18.2 Å². The molecule has 0 radical (unpaired) electrons. The first kappa shape index (κ1) is 28.2. The van der Waals surface area contributed by atoms with Crippen LogP contribution in [-0.4, -0.2) is 56.2 Å². The Morgan fingerprint density at radius 2 is 1.97 bits per heavy atom. The maximum atomic E-state index is 15.3. The third-order valence-corrected chi connectivity index (χ3v) is 7.42. The van der Waals surface area contributed by atoms with Gasteiger partial charge in [0.2, 0.25) is 4.58 Å². The standard InChI is InChI=1S/C21H26BrFN3O9P/c1-12(2)33-18(29)13(3)25-36(31,35-14-7-5-4-6-8-14)32-11-15-17(28)21(22,23)19(34-15)26-10-9-16(27)24-20(26)30/h4-10,12-13,15,17,19,28H,11H2,1-3H3,(H,25,31)(H,24,27,30)/t13?,15-,17-,19-,21-,36?/m1/s1. The minimum absolute atomic E-state index is 0.142. The van der Waals surface area contributed by atoms with Crippen molar-refractivity contribution in [3.8, 4) is 5.75 Å². The molecule has 0 amide bonds. The number of aliphatic hydroxyl groups excluding tert-OH is 1. The number of hydrogen-bond acceptors (Lipinski definition) is 9. The summed E-state index contributed by atoms with van der Waals surface area (Å²) in [4.78, 5) is 37.7. The molecular weight excluding hydrogens is 568 g/mol. The van der Waals surface area contributed by atoms with E-state index < -0.39 is 66.7 Å². The van der Waals surface area contributed by atoms with Crippen molar-refractivity contribution in [2.75, 3.05) is 6.61 Å². The summed E-state index contributed by atoms with van der Waals surface area (Å²) in [6, 6.07) is 7.79. The van der Waals surface area contributed by atoms with Crippen LogP contribution in [0.3, 0.4) is 0 Å². The number of esters is 1. The number of ether oxygens (including phenoxy) is 2. The molecule has 15 heteroatoms. The highest BCUT2D eigenvalue weighted by molar-refractivity contribution is 9.10. The van der Waals surface area contributed by atoms with Gasteiger partial charge in [-0.2, -0.15) is 5.09 Å². The van der Waals surface area contributed by atoms with Crippen molar-refractivity contribution in [3.63, 3.8) is 0 Å². The van der Waals surface area contributed by atoms with Gasteiger partial charge >= 0.3 is 19.4 Å². The van der Waals surface area contributed by atoms with Gasteiger partial charge in [0.25, 0.3) is 5.56 Å². The molecule has 3 N–H and O–H groups in total. The van der Waals surface area contributed by atoms with Crippen LogP contribution in [0.25, 0.3) is 0 Å². The Labute approximate surface area is 213 Å². The molecule has 198 valence electrons. The lowest BCUT2D eigenvalue weighted by Gasteiger charge is -2.25. The molecule has 0 spiro atoms. The maximum Gasteiger partial charge on any atom is 0.459 e. The van der Waals surface area contributed by atoms with Gasteiger partial charge in [0.1, 0.15) is 24.0 Å². The van der Waals surface area contributed by atoms with Gasteiger partial charge in [-0.05, 0) is 48.8 Å². The van der Waals surface area contributed by atoms with E-state index in [-0.39, 0.29) is 5.75 Å². The fourth-order valence-corrected chi connectivity index (χ4v) is 5.35. The first-order valence-corrected chi connectivity index (χ1v) is 13.2.